The first-order valence-corrected chi connectivity index (χ1v) is 7.02. The number of aryl methyl sites for hydroxylation is 1. The quantitative estimate of drug-likeness (QED) is 0.679. The molecule has 0 bridgehead atoms. The van der Waals surface area contributed by atoms with Crippen molar-refractivity contribution in [2.45, 2.75) is 19.8 Å². The number of amides is 1. The maximum absolute atomic E-state index is 11.9. The molecule has 2 N–H and O–H groups in total. The monoisotopic (exact) mass is 276 g/mol. The van der Waals surface area contributed by atoms with Crippen molar-refractivity contribution in [3.8, 4) is 0 Å². The third-order valence-electron chi connectivity index (χ3n) is 2.95. The molecule has 0 radical (unpaired) electrons. The Hall–Kier alpha value is -1.65. The van der Waals surface area contributed by atoms with E-state index in [4.69, 9.17) is 5.11 Å². The second kappa shape index (κ2) is 9.28. The summed E-state index contributed by atoms with van der Waals surface area (Å²) in [7, 11) is 0. The van der Waals surface area contributed by atoms with Crippen molar-refractivity contribution in [2.24, 2.45) is 0 Å². The van der Waals surface area contributed by atoms with Crippen molar-refractivity contribution < 1.29 is 9.90 Å². The molecule has 0 fully saturated rings. The summed E-state index contributed by atoms with van der Waals surface area (Å²) in [6, 6.07) is 7.92. The fraction of sp³-hybridized carbons (Fsp3) is 0.438. The van der Waals surface area contributed by atoms with Crippen molar-refractivity contribution in [1.29, 1.82) is 0 Å². The van der Waals surface area contributed by atoms with Gasteiger partial charge in [0.05, 0.1) is 13.2 Å². The highest BCUT2D eigenvalue weighted by Gasteiger charge is 2.09. The summed E-state index contributed by atoms with van der Waals surface area (Å²) in [5.41, 5.74) is 2.08. The minimum Gasteiger partial charge on any atom is -0.395 e. The topological polar surface area (TPSA) is 52.6 Å². The maximum atomic E-state index is 11.9. The molecule has 4 heteroatoms. The van der Waals surface area contributed by atoms with Gasteiger partial charge in [0, 0.05) is 18.8 Å². The number of aliphatic hydroxyl groups is 1. The maximum Gasteiger partial charge on any atom is 0.238 e. The van der Waals surface area contributed by atoms with Crippen LogP contribution in [0.3, 0.4) is 0 Å². The molecule has 1 amide bonds. The molecular weight excluding hydrogens is 252 g/mol. The van der Waals surface area contributed by atoms with Crippen LogP contribution < -0.4 is 5.32 Å². The number of carbonyl (C=O) groups is 1. The number of nitrogens with one attached hydrogen (secondary N) is 1. The molecule has 110 valence electrons. The lowest BCUT2D eigenvalue weighted by molar-refractivity contribution is -0.117. The summed E-state index contributed by atoms with van der Waals surface area (Å²) in [6.45, 7) is 7.13. The van der Waals surface area contributed by atoms with Crippen molar-refractivity contribution in [3.63, 3.8) is 0 Å². The molecule has 0 aromatic heterocycles. The van der Waals surface area contributed by atoms with Crippen LogP contribution >= 0.6 is 0 Å². The number of hydrogen-bond acceptors (Lipinski definition) is 3. The molecule has 0 aliphatic heterocycles. The van der Waals surface area contributed by atoms with Gasteiger partial charge >= 0.3 is 0 Å². The first kappa shape index (κ1) is 16.4. The SMILES string of the molecule is C=CCN(CCO)CC(=O)Nc1ccc(CCC)cc1. The van der Waals surface area contributed by atoms with Gasteiger partial charge in [0.2, 0.25) is 5.91 Å². The van der Waals surface area contributed by atoms with Crippen LogP contribution in [-0.4, -0.2) is 42.2 Å². The van der Waals surface area contributed by atoms with Crippen molar-refractivity contribution in [2.75, 3.05) is 31.6 Å². The molecule has 1 rings (SSSR count). The van der Waals surface area contributed by atoms with E-state index >= 15 is 0 Å². The van der Waals surface area contributed by atoms with Crippen LogP contribution in [0.5, 0.6) is 0 Å². The lowest BCUT2D eigenvalue weighted by Crippen LogP contribution is -2.35. The molecule has 20 heavy (non-hydrogen) atoms. The van der Waals surface area contributed by atoms with Crippen LogP contribution in [0, 0.1) is 0 Å². The Kier molecular flexibility index (Phi) is 7.62. The largest absolute Gasteiger partial charge is 0.395 e. The van der Waals surface area contributed by atoms with Gasteiger partial charge in [-0.25, -0.2) is 0 Å². The van der Waals surface area contributed by atoms with E-state index in [9.17, 15) is 4.79 Å². The number of aliphatic hydroxyl groups excluding tert-OH is 1. The van der Waals surface area contributed by atoms with E-state index in [2.05, 4.69) is 18.8 Å². The van der Waals surface area contributed by atoms with Crippen molar-refractivity contribution >= 4 is 11.6 Å². The van der Waals surface area contributed by atoms with E-state index in [1.807, 2.05) is 29.2 Å². The third kappa shape index (κ3) is 5.99. The van der Waals surface area contributed by atoms with Crippen LogP contribution in [0.2, 0.25) is 0 Å². The number of anilines is 1. The smallest absolute Gasteiger partial charge is 0.238 e. The van der Waals surface area contributed by atoms with E-state index in [0.29, 0.717) is 13.1 Å². The average Bonchev–Trinajstić information content (AvgIpc) is 2.42. The van der Waals surface area contributed by atoms with E-state index in [1.54, 1.807) is 6.08 Å². The predicted molar refractivity (Wildman–Crippen MR) is 82.8 cm³/mol. The van der Waals surface area contributed by atoms with Gasteiger partial charge in [0.15, 0.2) is 0 Å². The van der Waals surface area contributed by atoms with E-state index in [-0.39, 0.29) is 19.1 Å². The molecule has 0 aliphatic rings. The van der Waals surface area contributed by atoms with E-state index < -0.39 is 0 Å². The van der Waals surface area contributed by atoms with Crippen molar-refractivity contribution in [1.82, 2.24) is 4.90 Å². The summed E-state index contributed by atoms with van der Waals surface area (Å²) >= 11 is 0. The molecular formula is C16H24N2O2. The zero-order valence-corrected chi connectivity index (χ0v) is 12.1. The summed E-state index contributed by atoms with van der Waals surface area (Å²) in [5.74, 6) is -0.0801. The van der Waals surface area contributed by atoms with E-state index in [1.165, 1.54) is 5.56 Å². The molecule has 0 saturated carbocycles. The summed E-state index contributed by atoms with van der Waals surface area (Å²) in [5, 5.41) is 11.8. The van der Waals surface area contributed by atoms with Crippen LogP contribution in [0.1, 0.15) is 18.9 Å². The van der Waals surface area contributed by atoms with Crippen LogP contribution in [0.25, 0.3) is 0 Å². The average molecular weight is 276 g/mol. The minimum absolute atomic E-state index is 0.0346. The van der Waals surface area contributed by atoms with Gasteiger partial charge in [0.25, 0.3) is 0 Å². The lowest BCUT2D eigenvalue weighted by atomic mass is 10.1. The number of carbonyl (C=O) groups excluding carboxylic acids is 1. The van der Waals surface area contributed by atoms with Crippen LogP contribution in [-0.2, 0) is 11.2 Å². The Morgan fingerprint density at radius 1 is 1.40 bits per heavy atom. The van der Waals surface area contributed by atoms with Gasteiger partial charge in [-0.15, -0.1) is 6.58 Å². The standard InChI is InChI=1S/C16H24N2O2/c1-3-5-14-6-8-15(9-7-14)17-16(20)13-18(10-4-2)11-12-19/h4,6-9,19H,2-3,5,10-13H2,1H3,(H,17,20). The Morgan fingerprint density at radius 3 is 2.65 bits per heavy atom. The second-order valence-corrected chi connectivity index (χ2v) is 4.74. The second-order valence-electron chi connectivity index (χ2n) is 4.74. The first-order chi connectivity index (χ1) is 9.69. The third-order valence-corrected chi connectivity index (χ3v) is 2.95. The summed E-state index contributed by atoms with van der Waals surface area (Å²) in [6.07, 6.45) is 3.89. The van der Waals surface area contributed by atoms with E-state index in [0.717, 1.165) is 18.5 Å². The fourth-order valence-electron chi connectivity index (χ4n) is 2.01. The van der Waals surface area contributed by atoms with Crippen LogP contribution in [0.4, 0.5) is 5.69 Å². The Balaban J connectivity index is 2.49. The first-order valence-electron chi connectivity index (χ1n) is 7.02. The Bertz CT molecular complexity index is 415. The van der Waals surface area contributed by atoms with Gasteiger partial charge < -0.3 is 10.4 Å². The number of nitrogens with zero attached hydrogens (tertiary/aromatic N) is 1. The number of rotatable bonds is 9. The van der Waals surface area contributed by atoms with Gasteiger partial charge in [-0.3, -0.25) is 9.69 Å². The van der Waals surface area contributed by atoms with Gasteiger partial charge in [-0.2, -0.15) is 0 Å². The molecule has 0 atom stereocenters. The highest BCUT2D eigenvalue weighted by molar-refractivity contribution is 5.92. The lowest BCUT2D eigenvalue weighted by Gasteiger charge is -2.18. The molecule has 1 aromatic rings. The minimum atomic E-state index is -0.0801. The zero-order valence-electron chi connectivity index (χ0n) is 12.1. The van der Waals surface area contributed by atoms with Gasteiger partial charge in [-0.05, 0) is 24.1 Å². The molecule has 0 heterocycles. The fourth-order valence-corrected chi connectivity index (χ4v) is 2.01. The highest BCUT2D eigenvalue weighted by atomic mass is 16.3. The normalized spacial score (nSPS) is 10.6. The number of hydrogen-bond donors (Lipinski definition) is 2. The predicted octanol–water partition coefficient (Wildman–Crippen LogP) is 2.06. The molecule has 0 unspecified atom stereocenters. The zero-order chi connectivity index (χ0) is 14.8. The highest BCUT2D eigenvalue weighted by Crippen LogP contribution is 2.11. The molecule has 4 nitrogen and oxygen atoms in total. The van der Waals surface area contributed by atoms with Crippen molar-refractivity contribution in [3.05, 3.63) is 42.5 Å². The summed E-state index contributed by atoms with van der Waals surface area (Å²) < 4.78 is 0. The Labute approximate surface area is 121 Å². The van der Waals surface area contributed by atoms with Crippen LogP contribution in [0.15, 0.2) is 36.9 Å². The molecule has 0 spiro atoms. The molecule has 0 aliphatic carbocycles. The van der Waals surface area contributed by atoms with Gasteiger partial charge in [-0.1, -0.05) is 31.6 Å². The summed E-state index contributed by atoms with van der Waals surface area (Å²) in [4.78, 5) is 13.8. The number of benzene rings is 1. The molecule has 1 aromatic carbocycles. The van der Waals surface area contributed by atoms with Gasteiger partial charge in [0.1, 0.15) is 0 Å². The molecule has 0 saturated heterocycles. The Morgan fingerprint density at radius 2 is 2.10 bits per heavy atom.